The molecular formula is C9H15Cl2N3. The highest BCUT2D eigenvalue weighted by Crippen LogP contribution is 2.15. The molecule has 1 aromatic heterocycles. The first-order valence-corrected chi connectivity index (χ1v) is 4.28. The van der Waals surface area contributed by atoms with Gasteiger partial charge in [-0.3, -0.25) is 0 Å². The Bertz CT molecular complexity index is 255. The minimum absolute atomic E-state index is 0. The molecule has 14 heavy (non-hydrogen) atoms. The Balaban J connectivity index is 0.000000845. The summed E-state index contributed by atoms with van der Waals surface area (Å²) in [4.78, 5) is 6.49. The van der Waals surface area contributed by atoms with Crippen molar-refractivity contribution in [2.24, 2.45) is 5.73 Å². The lowest BCUT2D eigenvalue weighted by Gasteiger charge is -2.15. The molecule has 5 heteroatoms. The second-order valence-electron chi connectivity index (χ2n) is 3.18. The number of rotatable bonds is 1. The molecule has 1 aromatic rings. The number of hydrogen-bond acceptors (Lipinski definition) is 3. The van der Waals surface area contributed by atoms with E-state index in [9.17, 15) is 0 Å². The molecule has 2 N–H and O–H groups in total. The Morgan fingerprint density at radius 3 is 2.64 bits per heavy atom. The molecule has 0 bridgehead atoms. The molecule has 0 aromatic carbocycles. The average molecular weight is 236 g/mol. The van der Waals surface area contributed by atoms with Crippen LogP contribution < -0.4 is 10.6 Å². The number of aromatic nitrogens is 1. The molecule has 2 heterocycles. The van der Waals surface area contributed by atoms with Crippen molar-refractivity contribution in [3.05, 3.63) is 24.4 Å². The van der Waals surface area contributed by atoms with Crippen molar-refractivity contribution in [2.75, 3.05) is 18.0 Å². The van der Waals surface area contributed by atoms with Gasteiger partial charge in [0, 0.05) is 25.3 Å². The van der Waals surface area contributed by atoms with E-state index in [4.69, 9.17) is 5.73 Å². The lowest BCUT2D eigenvalue weighted by atomic mass is 10.3. The van der Waals surface area contributed by atoms with Crippen molar-refractivity contribution in [1.82, 2.24) is 4.98 Å². The lowest BCUT2D eigenvalue weighted by molar-refractivity contribution is 0.751. The smallest absolute Gasteiger partial charge is 0.128 e. The molecule has 1 aliphatic rings. The van der Waals surface area contributed by atoms with Gasteiger partial charge in [-0.15, -0.1) is 24.8 Å². The number of hydrogen-bond donors (Lipinski definition) is 1. The van der Waals surface area contributed by atoms with Crippen molar-refractivity contribution in [1.29, 1.82) is 0 Å². The van der Waals surface area contributed by atoms with Gasteiger partial charge in [0.2, 0.25) is 0 Å². The SMILES string of the molecule is Cl.Cl.N[C@@H]1CCN(c2ccccn2)C1. The lowest BCUT2D eigenvalue weighted by Crippen LogP contribution is -2.26. The Morgan fingerprint density at radius 1 is 1.36 bits per heavy atom. The molecule has 0 aliphatic carbocycles. The van der Waals surface area contributed by atoms with E-state index >= 15 is 0 Å². The van der Waals surface area contributed by atoms with E-state index in [1.165, 1.54) is 0 Å². The number of nitrogens with two attached hydrogens (primary N) is 1. The van der Waals surface area contributed by atoms with Gasteiger partial charge in [0.1, 0.15) is 5.82 Å². The van der Waals surface area contributed by atoms with Gasteiger partial charge in [-0.1, -0.05) is 6.07 Å². The summed E-state index contributed by atoms with van der Waals surface area (Å²) in [6.07, 6.45) is 2.90. The van der Waals surface area contributed by atoms with Crippen LogP contribution in [0.15, 0.2) is 24.4 Å². The minimum atomic E-state index is 0. The third-order valence-electron chi connectivity index (χ3n) is 2.20. The van der Waals surface area contributed by atoms with E-state index < -0.39 is 0 Å². The van der Waals surface area contributed by atoms with Gasteiger partial charge in [-0.05, 0) is 18.6 Å². The van der Waals surface area contributed by atoms with Crippen LogP contribution in [0.2, 0.25) is 0 Å². The van der Waals surface area contributed by atoms with Crippen LogP contribution >= 0.6 is 24.8 Å². The van der Waals surface area contributed by atoms with Gasteiger partial charge in [0.15, 0.2) is 0 Å². The topological polar surface area (TPSA) is 42.1 Å². The molecule has 1 atom stereocenters. The first kappa shape index (κ1) is 13.5. The van der Waals surface area contributed by atoms with E-state index in [2.05, 4.69) is 9.88 Å². The monoisotopic (exact) mass is 235 g/mol. The summed E-state index contributed by atoms with van der Waals surface area (Å²) >= 11 is 0. The summed E-state index contributed by atoms with van der Waals surface area (Å²) in [5, 5.41) is 0. The molecule has 0 unspecified atom stereocenters. The zero-order valence-corrected chi connectivity index (χ0v) is 9.43. The molecule has 1 fully saturated rings. The third-order valence-corrected chi connectivity index (χ3v) is 2.20. The van der Waals surface area contributed by atoms with Gasteiger partial charge < -0.3 is 10.6 Å². The molecule has 1 saturated heterocycles. The van der Waals surface area contributed by atoms with Crippen LogP contribution in [-0.2, 0) is 0 Å². The van der Waals surface area contributed by atoms with Gasteiger partial charge in [-0.25, -0.2) is 4.98 Å². The summed E-state index contributed by atoms with van der Waals surface area (Å²) in [5.41, 5.74) is 5.79. The molecule has 0 amide bonds. The fourth-order valence-electron chi connectivity index (χ4n) is 1.54. The minimum Gasteiger partial charge on any atom is -0.355 e. The zero-order chi connectivity index (χ0) is 8.39. The standard InChI is InChI=1S/C9H13N3.2ClH/c10-8-4-6-12(7-8)9-3-1-2-5-11-9;;/h1-3,5,8H,4,6-7,10H2;2*1H/t8-;;/m1../s1. The maximum absolute atomic E-state index is 5.79. The van der Waals surface area contributed by atoms with Crippen LogP contribution in [0.5, 0.6) is 0 Å². The first-order valence-electron chi connectivity index (χ1n) is 4.28. The van der Waals surface area contributed by atoms with Crippen molar-refractivity contribution >= 4 is 30.6 Å². The Hall–Kier alpha value is -0.510. The summed E-state index contributed by atoms with van der Waals surface area (Å²) in [7, 11) is 0. The van der Waals surface area contributed by atoms with E-state index in [1.54, 1.807) is 0 Å². The fourth-order valence-corrected chi connectivity index (χ4v) is 1.54. The Kier molecular flexibility index (Phi) is 5.84. The van der Waals surface area contributed by atoms with Gasteiger partial charge in [0.25, 0.3) is 0 Å². The molecular weight excluding hydrogens is 221 g/mol. The predicted octanol–water partition coefficient (Wildman–Crippen LogP) is 1.46. The molecule has 3 nitrogen and oxygen atoms in total. The average Bonchev–Trinajstić information content (AvgIpc) is 2.54. The van der Waals surface area contributed by atoms with Crippen LogP contribution in [0, 0.1) is 0 Å². The van der Waals surface area contributed by atoms with Crippen LogP contribution in [-0.4, -0.2) is 24.1 Å². The van der Waals surface area contributed by atoms with Crippen molar-refractivity contribution in [2.45, 2.75) is 12.5 Å². The molecule has 0 saturated carbocycles. The summed E-state index contributed by atoms with van der Waals surface area (Å²) in [6, 6.07) is 6.29. The molecule has 0 spiro atoms. The van der Waals surface area contributed by atoms with Crippen LogP contribution in [0.3, 0.4) is 0 Å². The van der Waals surface area contributed by atoms with Crippen molar-refractivity contribution in [3.8, 4) is 0 Å². The summed E-state index contributed by atoms with van der Waals surface area (Å²) in [5.74, 6) is 1.05. The largest absolute Gasteiger partial charge is 0.355 e. The van der Waals surface area contributed by atoms with E-state index in [0.29, 0.717) is 6.04 Å². The van der Waals surface area contributed by atoms with E-state index in [-0.39, 0.29) is 24.8 Å². The second kappa shape index (κ2) is 6.06. The third kappa shape index (κ3) is 3.01. The van der Waals surface area contributed by atoms with Gasteiger partial charge in [0.05, 0.1) is 0 Å². The van der Waals surface area contributed by atoms with Crippen LogP contribution in [0.4, 0.5) is 5.82 Å². The Morgan fingerprint density at radius 2 is 2.14 bits per heavy atom. The predicted molar refractivity (Wildman–Crippen MR) is 63.5 cm³/mol. The van der Waals surface area contributed by atoms with E-state index in [1.807, 2.05) is 24.4 Å². The molecule has 1 aliphatic heterocycles. The zero-order valence-electron chi connectivity index (χ0n) is 7.80. The highest BCUT2D eigenvalue weighted by molar-refractivity contribution is 5.85. The maximum Gasteiger partial charge on any atom is 0.128 e. The highest BCUT2D eigenvalue weighted by atomic mass is 35.5. The van der Waals surface area contributed by atoms with Gasteiger partial charge in [-0.2, -0.15) is 0 Å². The number of pyridine rings is 1. The normalized spacial score (nSPS) is 19.8. The van der Waals surface area contributed by atoms with Crippen molar-refractivity contribution < 1.29 is 0 Å². The van der Waals surface area contributed by atoms with E-state index in [0.717, 1.165) is 25.3 Å². The first-order chi connectivity index (χ1) is 5.86. The Labute approximate surface area is 96.5 Å². The molecule has 80 valence electrons. The second-order valence-corrected chi connectivity index (χ2v) is 3.18. The molecule has 2 rings (SSSR count). The number of nitrogens with zero attached hydrogens (tertiary/aromatic N) is 2. The quantitative estimate of drug-likeness (QED) is 0.802. The molecule has 0 radical (unpaired) electrons. The summed E-state index contributed by atoms with van der Waals surface area (Å²) < 4.78 is 0. The highest BCUT2D eigenvalue weighted by Gasteiger charge is 2.19. The van der Waals surface area contributed by atoms with Gasteiger partial charge >= 0.3 is 0 Å². The fraction of sp³-hybridized carbons (Fsp3) is 0.444. The number of halogens is 2. The summed E-state index contributed by atoms with van der Waals surface area (Å²) in [6.45, 7) is 1.98. The van der Waals surface area contributed by atoms with Crippen LogP contribution in [0.25, 0.3) is 0 Å². The number of anilines is 1. The maximum atomic E-state index is 5.79. The van der Waals surface area contributed by atoms with Crippen molar-refractivity contribution in [3.63, 3.8) is 0 Å². The van der Waals surface area contributed by atoms with Crippen LogP contribution in [0.1, 0.15) is 6.42 Å².